The lowest BCUT2D eigenvalue weighted by Crippen LogP contribution is -2.26. The maximum Gasteiger partial charge on any atom is 0.343 e. The summed E-state index contributed by atoms with van der Waals surface area (Å²) in [5.41, 5.74) is -0.663. The molecule has 3 rings (SSSR count). The van der Waals surface area contributed by atoms with E-state index in [1.54, 1.807) is 19.1 Å². The van der Waals surface area contributed by atoms with Crippen LogP contribution >= 0.6 is 0 Å². The summed E-state index contributed by atoms with van der Waals surface area (Å²) in [6, 6.07) is 6.35. The van der Waals surface area contributed by atoms with Crippen LogP contribution in [0.1, 0.15) is 37.6 Å². The summed E-state index contributed by atoms with van der Waals surface area (Å²) >= 11 is 0. The highest BCUT2D eigenvalue weighted by Crippen LogP contribution is 2.23. The molecule has 0 saturated heterocycles. The zero-order valence-corrected chi connectivity index (χ0v) is 17.1. The number of hydrogen-bond donors (Lipinski definition) is 0. The Morgan fingerprint density at radius 3 is 2.57 bits per heavy atom. The first-order valence-electron chi connectivity index (χ1n) is 9.85. The Morgan fingerprint density at radius 1 is 1.17 bits per heavy atom. The van der Waals surface area contributed by atoms with E-state index < -0.39 is 23.0 Å². The molecule has 3 aromatic rings. The van der Waals surface area contributed by atoms with E-state index in [2.05, 4.69) is 4.98 Å². The molecule has 8 heteroatoms. The van der Waals surface area contributed by atoms with Crippen molar-refractivity contribution in [2.24, 2.45) is 0 Å². The van der Waals surface area contributed by atoms with Gasteiger partial charge < -0.3 is 9.64 Å². The Kier molecular flexibility index (Phi) is 6.44. The van der Waals surface area contributed by atoms with Gasteiger partial charge in [-0.2, -0.15) is 0 Å². The molecule has 0 saturated carbocycles. The third kappa shape index (κ3) is 4.03. The summed E-state index contributed by atoms with van der Waals surface area (Å²) in [5.74, 6) is -1.78. The average molecular weight is 415 g/mol. The van der Waals surface area contributed by atoms with E-state index in [-0.39, 0.29) is 28.9 Å². The van der Waals surface area contributed by atoms with Crippen molar-refractivity contribution in [3.8, 4) is 5.69 Å². The third-order valence-corrected chi connectivity index (χ3v) is 4.70. The highest BCUT2D eigenvalue weighted by atomic mass is 19.1. The molecule has 0 bridgehead atoms. The summed E-state index contributed by atoms with van der Waals surface area (Å²) < 4.78 is 34.3. The third-order valence-electron chi connectivity index (χ3n) is 4.70. The Labute approximate surface area is 172 Å². The zero-order chi connectivity index (χ0) is 21.8. The fourth-order valence-corrected chi connectivity index (χ4v) is 3.29. The molecule has 30 heavy (non-hydrogen) atoms. The minimum Gasteiger partial charge on any atom is -0.462 e. The van der Waals surface area contributed by atoms with Gasteiger partial charge in [0.25, 0.3) is 0 Å². The predicted octanol–water partition coefficient (Wildman–Crippen LogP) is 4.08. The van der Waals surface area contributed by atoms with Crippen LogP contribution in [-0.4, -0.2) is 35.2 Å². The molecule has 0 aliphatic rings. The van der Waals surface area contributed by atoms with Gasteiger partial charge >= 0.3 is 5.97 Å². The van der Waals surface area contributed by atoms with Crippen molar-refractivity contribution in [2.45, 2.75) is 27.2 Å². The van der Waals surface area contributed by atoms with E-state index in [4.69, 9.17) is 4.74 Å². The molecule has 6 nitrogen and oxygen atoms in total. The largest absolute Gasteiger partial charge is 0.462 e. The SMILES string of the molecule is CCCN(CC)c1ccc2c(=O)c(C(=O)OCC)cn(-c3ccc(F)cc3F)c2n1. The van der Waals surface area contributed by atoms with Gasteiger partial charge in [0.2, 0.25) is 5.43 Å². The van der Waals surface area contributed by atoms with Crippen LogP contribution in [0.5, 0.6) is 0 Å². The lowest BCUT2D eigenvalue weighted by atomic mass is 10.1. The molecule has 2 heterocycles. The normalized spacial score (nSPS) is 11.0. The fraction of sp³-hybridized carbons (Fsp3) is 0.318. The summed E-state index contributed by atoms with van der Waals surface area (Å²) in [6.07, 6.45) is 2.10. The molecule has 0 atom stereocenters. The number of rotatable bonds is 7. The first-order valence-corrected chi connectivity index (χ1v) is 9.85. The van der Waals surface area contributed by atoms with Gasteiger partial charge in [0.1, 0.15) is 23.0 Å². The number of nitrogens with zero attached hydrogens (tertiary/aromatic N) is 3. The molecular weight excluding hydrogens is 392 g/mol. The maximum absolute atomic E-state index is 14.6. The van der Waals surface area contributed by atoms with Gasteiger partial charge in [0.05, 0.1) is 17.7 Å². The van der Waals surface area contributed by atoms with E-state index in [9.17, 15) is 18.4 Å². The monoisotopic (exact) mass is 415 g/mol. The number of carbonyl (C=O) groups excluding carboxylic acids is 1. The molecule has 158 valence electrons. The van der Waals surface area contributed by atoms with Gasteiger partial charge in [0.15, 0.2) is 5.65 Å². The van der Waals surface area contributed by atoms with Crippen molar-refractivity contribution >= 4 is 22.8 Å². The van der Waals surface area contributed by atoms with Gasteiger partial charge in [-0.05, 0) is 44.5 Å². The standard InChI is InChI=1S/C22H23F2N3O3/c1-4-11-26(5-2)19-10-8-15-20(28)16(22(29)30-6-3)13-27(21(15)25-19)18-9-7-14(23)12-17(18)24/h7-10,12-13H,4-6,11H2,1-3H3. The first kappa shape index (κ1) is 21.4. The first-order chi connectivity index (χ1) is 14.4. The zero-order valence-electron chi connectivity index (χ0n) is 17.1. The number of aromatic nitrogens is 2. The number of ether oxygens (including phenoxy) is 1. The molecule has 0 fully saturated rings. The molecular formula is C22H23F2N3O3. The molecule has 2 aromatic heterocycles. The van der Waals surface area contributed by atoms with Gasteiger partial charge in [-0.25, -0.2) is 18.6 Å². The Hall–Kier alpha value is -3.29. The van der Waals surface area contributed by atoms with Crippen LogP contribution in [-0.2, 0) is 4.74 Å². The summed E-state index contributed by atoms with van der Waals surface area (Å²) in [6.45, 7) is 7.18. The number of carbonyl (C=O) groups is 1. The predicted molar refractivity (Wildman–Crippen MR) is 111 cm³/mol. The second-order valence-corrected chi connectivity index (χ2v) is 6.68. The Balaban J connectivity index is 2.34. The molecule has 0 spiro atoms. The maximum atomic E-state index is 14.6. The van der Waals surface area contributed by atoms with E-state index in [0.717, 1.165) is 25.1 Å². The van der Waals surface area contributed by atoms with Crippen molar-refractivity contribution in [3.05, 3.63) is 63.9 Å². The van der Waals surface area contributed by atoms with Crippen molar-refractivity contribution < 1.29 is 18.3 Å². The minimum absolute atomic E-state index is 0.0323. The number of anilines is 1. The lowest BCUT2D eigenvalue weighted by molar-refractivity contribution is 0.0524. The van der Waals surface area contributed by atoms with Gasteiger partial charge in [-0.3, -0.25) is 9.36 Å². The Morgan fingerprint density at radius 2 is 1.93 bits per heavy atom. The van der Waals surface area contributed by atoms with E-state index in [0.29, 0.717) is 12.4 Å². The van der Waals surface area contributed by atoms with Crippen LogP contribution in [0.25, 0.3) is 16.7 Å². The van der Waals surface area contributed by atoms with Crippen LogP contribution in [0.4, 0.5) is 14.6 Å². The summed E-state index contributed by atoms with van der Waals surface area (Å²) in [5, 5.41) is 0.139. The van der Waals surface area contributed by atoms with Crippen LogP contribution in [0.2, 0.25) is 0 Å². The van der Waals surface area contributed by atoms with Crippen molar-refractivity contribution in [1.82, 2.24) is 9.55 Å². The number of pyridine rings is 2. The van der Waals surface area contributed by atoms with Crippen LogP contribution < -0.4 is 10.3 Å². The number of esters is 1. The highest BCUT2D eigenvalue weighted by molar-refractivity contribution is 5.93. The quantitative estimate of drug-likeness (QED) is 0.544. The summed E-state index contributed by atoms with van der Waals surface area (Å²) in [7, 11) is 0. The van der Waals surface area contributed by atoms with Crippen molar-refractivity contribution in [3.63, 3.8) is 0 Å². The Bertz CT molecular complexity index is 1140. The smallest absolute Gasteiger partial charge is 0.343 e. The van der Waals surface area contributed by atoms with E-state index in [1.165, 1.54) is 16.8 Å². The van der Waals surface area contributed by atoms with Crippen LogP contribution in [0.3, 0.4) is 0 Å². The second kappa shape index (κ2) is 9.02. The number of benzene rings is 1. The number of hydrogen-bond acceptors (Lipinski definition) is 5. The average Bonchev–Trinajstić information content (AvgIpc) is 2.72. The molecule has 0 N–H and O–H groups in total. The molecule has 1 aromatic carbocycles. The summed E-state index contributed by atoms with van der Waals surface area (Å²) in [4.78, 5) is 31.9. The van der Waals surface area contributed by atoms with Crippen molar-refractivity contribution in [1.29, 1.82) is 0 Å². The van der Waals surface area contributed by atoms with E-state index >= 15 is 0 Å². The topological polar surface area (TPSA) is 64.4 Å². The second-order valence-electron chi connectivity index (χ2n) is 6.68. The molecule has 0 aliphatic carbocycles. The molecule has 0 radical (unpaired) electrons. The minimum atomic E-state index is -0.845. The van der Waals surface area contributed by atoms with E-state index in [1.807, 2.05) is 18.7 Å². The number of fused-ring (bicyclic) bond motifs is 1. The van der Waals surface area contributed by atoms with Gasteiger partial charge in [-0.1, -0.05) is 6.92 Å². The van der Waals surface area contributed by atoms with Crippen LogP contribution in [0, 0.1) is 11.6 Å². The fourth-order valence-electron chi connectivity index (χ4n) is 3.29. The highest BCUT2D eigenvalue weighted by Gasteiger charge is 2.20. The van der Waals surface area contributed by atoms with Crippen LogP contribution in [0.15, 0.2) is 41.3 Å². The number of halogens is 2. The lowest BCUT2D eigenvalue weighted by Gasteiger charge is -2.22. The molecule has 0 aliphatic heterocycles. The van der Waals surface area contributed by atoms with Gasteiger partial charge in [0, 0.05) is 25.4 Å². The molecule has 0 unspecified atom stereocenters. The molecule has 0 amide bonds. The van der Waals surface area contributed by atoms with Gasteiger partial charge in [-0.15, -0.1) is 0 Å². The van der Waals surface area contributed by atoms with Crippen molar-refractivity contribution in [2.75, 3.05) is 24.6 Å².